The molecule has 0 saturated heterocycles. The highest BCUT2D eigenvalue weighted by molar-refractivity contribution is 6.35. The van der Waals surface area contributed by atoms with Gasteiger partial charge in [0.05, 0.1) is 6.04 Å². The molecule has 2 aromatic rings. The minimum absolute atomic E-state index is 0.207. The molecule has 2 rings (SSSR count). The van der Waals surface area contributed by atoms with Gasteiger partial charge in [-0.2, -0.15) is 18.2 Å². The zero-order valence-corrected chi connectivity index (χ0v) is 10.6. The summed E-state index contributed by atoms with van der Waals surface area (Å²) >= 11 is 11.6. The van der Waals surface area contributed by atoms with Crippen molar-refractivity contribution in [1.82, 2.24) is 10.1 Å². The molecule has 1 heterocycles. The van der Waals surface area contributed by atoms with E-state index in [0.29, 0.717) is 10.6 Å². The number of benzene rings is 1. The maximum absolute atomic E-state index is 12.3. The first-order valence-electron chi connectivity index (χ1n) is 4.90. The molecule has 0 bridgehead atoms. The minimum Gasteiger partial charge on any atom is -0.329 e. The molecule has 1 aromatic heterocycles. The molecule has 0 spiro atoms. The molecule has 1 atom stereocenters. The van der Waals surface area contributed by atoms with E-state index in [1.165, 1.54) is 18.2 Å². The summed E-state index contributed by atoms with van der Waals surface area (Å²) in [5.74, 6) is -1.76. The van der Waals surface area contributed by atoms with E-state index < -0.39 is 18.1 Å². The SMILES string of the molecule is NC(c1noc(C(F)(F)F)n1)c1ccc(Cl)cc1Cl. The van der Waals surface area contributed by atoms with E-state index in [2.05, 4.69) is 14.7 Å². The van der Waals surface area contributed by atoms with Crippen molar-refractivity contribution in [3.05, 3.63) is 45.5 Å². The average Bonchev–Trinajstić information content (AvgIpc) is 2.76. The molecule has 2 N–H and O–H groups in total. The van der Waals surface area contributed by atoms with Crippen LogP contribution in [0.2, 0.25) is 10.0 Å². The zero-order valence-electron chi connectivity index (χ0n) is 9.08. The van der Waals surface area contributed by atoms with Crippen LogP contribution in [0.15, 0.2) is 22.7 Å². The number of hydrogen-bond donors (Lipinski definition) is 1. The van der Waals surface area contributed by atoms with Crippen LogP contribution in [0, 0.1) is 0 Å². The van der Waals surface area contributed by atoms with Gasteiger partial charge in [0.15, 0.2) is 5.82 Å². The van der Waals surface area contributed by atoms with E-state index in [1.54, 1.807) is 0 Å². The lowest BCUT2D eigenvalue weighted by Gasteiger charge is -2.09. The van der Waals surface area contributed by atoms with Crippen molar-refractivity contribution < 1.29 is 17.7 Å². The molecule has 19 heavy (non-hydrogen) atoms. The van der Waals surface area contributed by atoms with Gasteiger partial charge in [-0.3, -0.25) is 0 Å². The summed E-state index contributed by atoms with van der Waals surface area (Å²) < 4.78 is 41.1. The largest absolute Gasteiger partial charge is 0.471 e. The van der Waals surface area contributed by atoms with E-state index in [1.807, 2.05) is 0 Å². The van der Waals surface area contributed by atoms with Gasteiger partial charge in [-0.05, 0) is 17.7 Å². The Kier molecular flexibility index (Phi) is 3.71. The highest BCUT2D eigenvalue weighted by Crippen LogP contribution is 2.31. The van der Waals surface area contributed by atoms with Crippen LogP contribution in [0.5, 0.6) is 0 Å². The van der Waals surface area contributed by atoms with Crippen molar-refractivity contribution in [2.75, 3.05) is 0 Å². The Labute approximate surface area is 115 Å². The third-order valence-electron chi connectivity index (χ3n) is 2.26. The second kappa shape index (κ2) is 4.99. The van der Waals surface area contributed by atoms with E-state index >= 15 is 0 Å². The Hall–Kier alpha value is -1.31. The van der Waals surface area contributed by atoms with Gasteiger partial charge in [0.25, 0.3) is 0 Å². The topological polar surface area (TPSA) is 64.9 Å². The highest BCUT2D eigenvalue weighted by Gasteiger charge is 2.39. The summed E-state index contributed by atoms with van der Waals surface area (Å²) in [6.07, 6.45) is -4.71. The smallest absolute Gasteiger partial charge is 0.329 e. The van der Waals surface area contributed by atoms with Crippen LogP contribution >= 0.6 is 23.2 Å². The first kappa shape index (κ1) is 14.1. The molecule has 0 amide bonds. The maximum atomic E-state index is 12.3. The Balaban J connectivity index is 2.34. The molecule has 0 fully saturated rings. The standard InChI is InChI=1S/C10H6Cl2F3N3O/c11-4-1-2-5(6(12)3-4)7(16)8-17-9(19-18-8)10(13,14)15/h1-3,7H,16H2. The second-order valence-electron chi connectivity index (χ2n) is 3.60. The van der Waals surface area contributed by atoms with Crippen LogP contribution in [0.25, 0.3) is 0 Å². The van der Waals surface area contributed by atoms with Crippen molar-refractivity contribution in [2.24, 2.45) is 5.73 Å². The van der Waals surface area contributed by atoms with E-state index in [-0.39, 0.29) is 10.8 Å². The average molecular weight is 312 g/mol. The van der Waals surface area contributed by atoms with Crippen LogP contribution in [0.3, 0.4) is 0 Å². The molecule has 0 saturated carbocycles. The Morgan fingerprint density at radius 1 is 1.26 bits per heavy atom. The summed E-state index contributed by atoms with van der Waals surface area (Å²) in [7, 11) is 0. The van der Waals surface area contributed by atoms with Gasteiger partial charge in [0, 0.05) is 10.0 Å². The van der Waals surface area contributed by atoms with Gasteiger partial charge in [-0.25, -0.2) is 0 Å². The normalized spacial score (nSPS) is 13.6. The zero-order chi connectivity index (χ0) is 14.2. The Morgan fingerprint density at radius 2 is 1.95 bits per heavy atom. The van der Waals surface area contributed by atoms with Crippen LogP contribution in [-0.4, -0.2) is 10.1 Å². The first-order chi connectivity index (χ1) is 8.79. The fourth-order valence-electron chi connectivity index (χ4n) is 1.37. The van der Waals surface area contributed by atoms with Gasteiger partial charge in [0.2, 0.25) is 0 Å². The summed E-state index contributed by atoms with van der Waals surface area (Å²) in [5.41, 5.74) is 6.09. The molecule has 4 nitrogen and oxygen atoms in total. The fourth-order valence-corrected chi connectivity index (χ4v) is 1.90. The molecule has 0 radical (unpaired) electrons. The lowest BCUT2D eigenvalue weighted by atomic mass is 10.1. The third-order valence-corrected chi connectivity index (χ3v) is 2.82. The van der Waals surface area contributed by atoms with E-state index in [4.69, 9.17) is 28.9 Å². The Bertz CT molecular complexity index is 600. The quantitative estimate of drug-likeness (QED) is 0.922. The fraction of sp³-hybridized carbons (Fsp3) is 0.200. The van der Waals surface area contributed by atoms with Crippen molar-refractivity contribution in [1.29, 1.82) is 0 Å². The predicted molar refractivity (Wildman–Crippen MR) is 61.8 cm³/mol. The number of aromatic nitrogens is 2. The van der Waals surface area contributed by atoms with Crippen LogP contribution < -0.4 is 5.73 Å². The van der Waals surface area contributed by atoms with E-state index in [9.17, 15) is 13.2 Å². The lowest BCUT2D eigenvalue weighted by Crippen LogP contribution is -2.15. The molecular formula is C10H6Cl2F3N3O. The summed E-state index contributed by atoms with van der Waals surface area (Å²) in [5, 5.41) is 3.79. The van der Waals surface area contributed by atoms with Gasteiger partial charge in [-0.15, -0.1) is 0 Å². The summed E-state index contributed by atoms with van der Waals surface area (Å²) in [6.45, 7) is 0. The highest BCUT2D eigenvalue weighted by atomic mass is 35.5. The number of nitrogens with zero attached hydrogens (tertiary/aromatic N) is 2. The van der Waals surface area contributed by atoms with Crippen molar-refractivity contribution in [3.8, 4) is 0 Å². The third kappa shape index (κ3) is 2.99. The van der Waals surface area contributed by atoms with Crippen LogP contribution in [0.4, 0.5) is 13.2 Å². The number of alkyl halides is 3. The van der Waals surface area contributed by atoms with Crippen LogP contribution in [-0.2, 0) is 6.18 Å². The molecule has 9 heteroatoms. The molecule has 0 aliphatic heterocycles. The molecule has 0 aliphatic carbocycles. The number of nitrogens with two attached hydrogens (primary N) is 1. The number of halogens is 5. The molecule has 1 aromatic carbocycles. The molecular weight excluding hydrogens is 306 g/mol. The van der Waals surface area contributed by atoms with Gasteiger partial charge >= 0.3 is 12.1 Å². The minimum atomic E-state index is -4.71. The van der Waals surface area contributed by atoms with Crippen molar-refractivity contribution in [3.63, 3.8) is 0 Å². The van der Waals surface area contributed by atoms with Gasteiger partial charge in [0.1, 0.15) is 0 Å². The second-order valence-corrected chi connectivity index (χ2v) is 4.44. The molecule has 0 aliphatic rings. The van der Waals surface area contributed by atoms with Crippen molar-refractivity contribution >= 4 is 23.2 Å². The maximum Gasteiger partial charge on any atom is 0.471 e. The monoisotopic (exact) mass is 311 g/mol. The molecule has 102 valence electrons. The predicted octanol–water partition coefficient (Wildman–Crippen LogP) is 3.44. The molecule has 1 unspecified atom stereocenters. The summed E-state index contributed by atoms with van der Waals surface area (Å²) in [4.78, 5) is 3.20. The van der Waals surface area contributed by atoms with Gasteiger partial charge < -0.3 is 10.3 Å². The van der Waals surface area contributed by atoms with Crippen LogP contribution in [0.1, 0.15) is 23.3 Å². The number of rotatable bonds is 2. The number of hydrogen-bond acceptors (Lipinski definition) is 4. The first-order valence-corrected chi connectivity index (χ1v) is 5.66. The van der Waals surface area contributed by atoms with Crippen molar-refractivity contribution in [2.45, 2.75) is 12.2 Å². The summed E-state index contributed by atoms with van der Waals surface area (Å²) in [6, 6.07) is 3.37. The Morgan fingerprint density at radius 3 is 2.47 bits per heavy atom. The van der Waals surface area contributed by atoms with E-state index in [0.717, 1.165) is 0 Å². The lowest BCUT2D eigenvalue weighted by molar-refractivity contribution is -0.159. The van der Waals surface area contributed by atoms with Gasteiger partial charge in [-0.1, -0.05) is 34.4 Å².